The molecule has 1 aromatic heterocycles. The number of nitrogens with zero attached hydrogens (tertiary/aromatic N) is 4. The van der Waals surface area contributed by atoms with Gasteiger partial charge in [-0.05, 0) is 24.7 Å². The van der Waals surface area contributed by atoms with Gasteiger partial charge in [0.2, 0.25) is 5.91 Å². The van der Waals surface area contributed by atoms with E-state index in [0.29, 0.717) is 17.6 Å². The van der Waals surface area contributed by atoms with Gasteiger partial charge in [0.15, 0.2) is 0 Å². The largest absolute Gasteiger partial charge is 0.332 e. The molecule has 1 atom stereocenters. The Kier molecular flexibility index (Phi) is 4.73. The predicted octanol–water partition coefficient (Wildman–Crippen LogP) is 1.91. The van der Waals surface area contributed by atoms with Crippen molar-refractivity contribution in [3.05, 3.63) is 76.7 Å². The fourth-order valence-electron chi connectivity index (χ4n) is 3.68. The van der Waals surface area contributed by atoms with Gasteiger partial charge in [0.05, 0.1) is 23.3 Å². The minimum Gasteiger partial charge on any atom is -0.332 e. The Morgan fingerprint density at radius 1 is 1.07 bits per heavy atom. The van der Waals surface area contributed by atoms with Gasteiger partial charge in [-0.3, -0.25) is 14.2 Å². The molecule has 27 heavy (non-hydrogen) atoms. The first-order chi connectivity index (χ1) is 13.1. The number of likely N-dealkylation sites (N-methyl/N-ethyl adjacent to an activating group) is 1. The first-order valence-corrected chi connectivity index (χ1v) is 9.11. The maximum Gasteiger partial charge on any atom is 0.269 e. The normalized spacial score (nSPS) is 18.0. The smallest absolute Gasteiger partial charge is 0.269 e. The molecule has 6 nitrogen and oxygen atoms in total. The number of para-hydroxylation sites is 2. The van der Waals surface area contributed by atoms with Crippen molar-refractivity contribution in [2.24, 2.45) is 0 Å². The molecule has 138 valence electrons. The molecular weight excluding hydrogens is 340 g/mol. The number of carbonyl (C=O) groups is 1. The molecule has 1 unspecified atom stereocenters. The van der Waals surface area contributed by atoms with Crippen molar-refractivity contribution in [1.82, 2.24) is 19.4 Å². The molecule has 0 radical (unpaired) electrons. The van der Waals surface area contributed by atoms with E-state index in [4.69, 9.17) is 0 Å². The summed E-state index contributed by atoms with van der Waals surface area (Å²) in [6.45, 7) is 2.27. The van der Waals surface area contributed by atoms with Gasteiger partial charge in [-0.25, -0.2) is 4.98 Å². The Morgan fingerprint density at radius 2 is 1.81 bits per heavy atom. The molecule has 0 saturated carbocycles. The maximum absolute atomic E-state index is 13.2. The SMILES string of the molecule is CN1CCN(C(=O)Cn2c(=O)cnc3ccccc32)C(c2ccccc2)C1. The summed E-state index contributed by atoms with van der Waals surface area (Å²) in [5.74, 6) is -0.0459. The van der Waals surface area contributed by atoms with Crippen LogP contribution in [0.1, 0.15) is 11.6 Å². The molecule has 6 heteroatoms. The molecule has 1 aliphatic rings. The van der Waals surface area contributed by atoms with Crippen molar-refractivity contribution >= 4 is 16.9 Å². The van der Waals surface area contributed by atoms with Crippen molar-refractivity contribution in [2.75, 3.05) is 26.7 Å². The Balaban J connectivity index is 1.66. The average molecular weight is 362 g/mol. The Hall–Kier alpha value is -2.99. The molecule has 2 heterocycles. The number of piperazine rings is 1. The van der Waals surface area contributed by atoms with Crippen molar-refractivity contribution in [3.63, 3.8) is 0 Å². The number of amides is 1. The highest BCUT2D eigenvalue weighted by molar-refractivity contribution is 5.80. The summed E-state index contributed by atoms with van der Waals surface area (Å²) in [6.07, 6.45) is 1.29. The fraction of sp³-hybridized carbons (Fsp3) is 0.286. The van der Waals surface area contributed by atoms with Gasteiger partial charge in [-0.15, -0.1) is 0 Å². The minimum absolute atomic E-state index is 0.0127. The third-order valence-corrected chi connectivity index (χ3v) is 5.13. The van der Waals surface area contributed by atoms with E-state index < -0.39 is 0 Å². The summed E-state index contributed by atoms with van der Waals surface area (Å²) < 4.78 is 1.52. The predicted molar refractivity (Wildman–Crippen MR) is 104 cm³/mol. The van der Waals surface area contributed by atoms with Gasteiger partial charge in [-0.1, -0.05) is 42.5 Å². The van der Waals surface area contributed by atoms with Gasteiger partial charge in [0.25, 0.3) is 5.56 Å². The first-order valence-electron chi connectivity index (χ1n) is 9.11. The second-order valence-corrected chi connectivity index (χ2v) is 6.95. The summed E-state index contributed by atoms with van der Waals surface area (Å²) >= 11 is 0. The molecule has 0 spiro atoms. The summed E-state index contributed by atoms with van der Waals surface area (Å²) in [5.41, 5.74) is 2.25. The number of hydrogen-bond acceptors (Lipinski definition) is 4. The highest BCUT2D eigenvalue weighted by Gasteiger charge is 2.30. The average Bonchev–Trinajstić information content (AvgIpc) is 2.70. The molecule has 2 aromatic carbocycles. The zero-order valence-electron chi connectivity index (χ0n) is 15.3. The summed E-state index contributed by atoms with van der Waals surface area (Å²) in [6, 6.07) is 17.5. The maximum atomic E-state index is 13.2. The van der Waals surface area contributed by atoms with Crippen molar-refractivity contribution in [1.29, 1.82) is 0 Å². The van der Waals surface area contributed by atoms with Crippen LogP contribution in [-0.2, 0) is 11.3 Å². The molecule has 0 bridgehead atoms. The van der Waals surface area contributed by atoms with E-state index in [0.717, 1.165) is 18.7 Å². The quantitative estimate of drug-likeness (QED) is 0.714. The van der Waals surface area contributed by atoms with Crippen LogP contribution in [-0.4, -0.2) is 51.9 Å². The van der Waals surface area contributed by atoms with Crippen LogP contribution in [0.2, 0.25) is 0 Å². The highest BCUT2D eigenvalue weighted by Crippen LogP contribution is 2.25. The topological polar surface area (TPSA) is 58.4 Å². The Morgan fingerprint density at radius 3 is 2.63 bits per heavy atom. The molecule has 0 aliphatic carbocycles. The van der Waals surface area contributed by atoms with Crippen LogP contribution in [0.5, 0.6) is 0 Å². The van der Waals surface area contributed by atoms with Crippen molar-refractivity contribution in [3.8, 4) is 0 Å². The van der Waals surface area contributed by atoms with E-state index in [-0.39, 0.29) is 24.1 Å². The van der Waals surface area contributed by atoms with E-state index in [1.165, 1.54) is 10.8 Å². The Labute approximate surface area is 157 Å². The third-order valence-electron chi connectivity index (χ3n) is 5.13. The highest BCUT2D eigenvalue weighted by atomic mass is 16.2. The van der Waals surface area contributed by atoms with Crippen LogP contribution in [0.25, 0.3) is 11.0 Å². The van der Waals surface area contributed by atoms with Crippen LogP contribution < -0.4 is 5.56 Å². The number of aromatic nitrogens is 2. The fourth-order valence-corrected chi connectivity index (χ4v) is 3.68. The molecule has 1 fully saturated rings. The van der Waals surface area contributed by atoms with E-state index in [9.17, 15) is 9.59 Å². The molecule has 1 saturated heterocycles. The number of carbonyl (C=O) groups excluding carboxylic acids is 1. The minimum atomic E-state index is -0.257. The van der Waals surface area contributed by atoms with Crippen LogP contribution in [0, 0.1) is 0 Å². The summed E-state index contributed by atoms with van der Waals surface area (Å²) in [4.78, 5) is 33.9. The van der Waals surface area contributed by atoms with Crippen molar-refractivity contribution in [2.45, 2.75) is 12.6 Å². The van der Waals surface area contributed by atoms with Crippen molar-refractivity contribution < 1.29 is 4.79 Å². The lowest BCUT2D eigenvalue weighted by Crippen LogP contribution is -2.50. The van der Waals surface area contributed by atoms with Gasteiger partial charge in [0.1, 0.15) is 6.54 Å². The molecule has 0 N–H and O–H groups in total. The molecule has 1 aliphatic heterocycles. The van der Waals surface area contributed by atoms with Crippen LogP contribution in [0.3, 0.4) is 0 Å². The van der Waals surface area contributed by atoms with E-state index in [1.807, 2.05) is 47.4 Å². The lowest BCUT2D eigenvalue weighted by molar-refractivity contribution is -0.136. The first kappa shape index (κ1) is 17.4. The van der Waals surface area contributed by atoms with Crippen LogP contribution in [0.15, 0.2) is 65.6 Å². The van der Waals surface area contributed by atoms with E-state index >= 15 is 0 Å². The molecule has 1 amide bonds. The van der Waals surface area contributed by atoms with Gasteiger partial charge in [0, 0.05) is 19.6 Å². The molecule has 4 rings (SSSR count). The third kappa shape index (κ3) is 3.48. The second kappa shape index (κ2) is 7.32. The zero-order chi connectivity index (χ0) is 18.8. The molecule has 3 aromatic rings. The number of benzene rings is 2. The molecular formula is C21H22N4O2. The monoisotopic (exact) mass is 362 g/mol. The van der Waals surface area contributed by atoms with Gasteiger partial charge < -0.3 is 9.80 Å². The van der Waals surface area contributed by atoms with Crippen LogP contribution >= 0.6 is 0 Å². The van der Waals surface area contributed by atoms with Gasteiger partial charge in [-0.2, -0.15) is 0 Å². The summed E-state index contributed by atoms with van der Waals surface area (Å²) in [7, 11) is 2.07. The lowest BCUT2D eigenvalue weighted by atomic mass is 10.0. The Bertz CT molecular complexity index is 1020. The summed E-state index contributed by atoms with van der Waals surface area (Å²) in [5, 5.41) is 0. The zero-order valence-corrected chi connectivity index (χ0v) is 15.3. The van der Waals surface area contributed by atoms with Gasteiger partial charge >= 0.3 is 0 Å². The van der Waals surface area contributed by atoms with Crippen LogP contribution in [0.4, 0.5) is 0 Å². The number of fused-ring (bicyclic) bond motifs is 1. The lowest BCUT2D eigenvalue weighted by Gasteiger charge is -2.40. The number of rotatable bonds is 3. The van der Waals surface area contributed by atoms with E-state index in [2.05, 4.69) is 29.1 Å². The second-order valence-electron chi connectivity index (χ2n) is 6.95. The number of hydrogen-bond donors (Lipinski definition) is 0. The van der Waals surface area contributed by atoms with E-state index in [1.54, 1.807) is 0 Å². The standard InChI is InChI=1S/C21H22N4O2/c1-23-11-12-24(19(14-23)16-7-3-2-4-8-16)21(27)15-25-18-10-6-5-9-17(18)22-13-20(25)26/h2-10,13,19H,11-12,14-15H2,1H3.